The fourth-order valence-corrected chi connectivity index (χ4v) is 2.11. The van der Waals surface area contributed by atoms with Gasteiger partial charge in [0.1, 0.15) is 0 Å². The molecular formula is C17H15N3. The molecule has 0 saturated heterocycles. The van der Waals surface area contributed by atoms with Crippen molar-refractivity contribution in [2.45, 2.75) is 6.04 Å². The molecule has 1 aliphatic rings. The summed E-state index contributed by atoms with van der Waals surface area (Å²) < 4.78 is 0. The molecule has 3 nitrogen and oxygen atoms in total. The smallest absolute Gasteiger partial charge is 0.189 e. The SMILES string of the molecule is NC1=NCC(c2ccc(C#Cc3ccccc3)cc2)N1. The largest absolute Gasteiger partial charge is 0.370 e. The Hall–Kier alpha value is -2.73. The number of rotatable bonds is 1. The zero-order chi connectivity index (χ0) is 13.8. The molecule has 0 amide bonds. The highest BCUT2D eigenvalue weighted by Gasteiger charge is 2.16. The third-order valence-electron chi connectivity index (χ3n) is 3.20. The van der Waals surface area contributed by atoms with E-state index in [0.29, 0.717) is 12.5 Å². The van der Waals surface area contributed by atoms with Crippen LogP contribution in [-0.2, 0) is 0 Å². The van der Waals surface area contributed by atoms with Crippen LogP contribution in [0.25, 0.3) is 0 Å². The molecule has 0 aliphatic carbocycles. The monoisotopic (exact) mass is 261 g/mol. The molecule has 3 N–H and O–H groups in total. The second-order valence-corrected chi connectivity index (χ2v) is 4.66. The second kappa shape index (κ2) is 5.50. The molecule has 1 aliphatic heterocycles. The summed E-state index contributed by atoms with van der Waals surface area (Å²) in [5.41, 5.74) is 8.83. The predicted molar refractivity (Wildman–Crippen MR) is 81.2 cm³/mol. The maximum Gasteiger partial charge on any atom is 0.189 e. The van der Waals surface area contributed by atoms with Gasteiger partial charge in [0.15, 0.2) is 5.96 Å². The number of hydrogen-bond acceptors (Lipinski definition) is 3. The second-order valence-electron chi connectivity index (χ2n) is 4.66. The van der Waals surface area contributed by atoms with E-state index in [1.807, 2.05) is 42.5 Å². The average molecular weight is 261 g/mol. The summed E-state index contributed by atoms with van der Waals surface area (Å²) in [5.74, 6) is 6.83. The van der Waals surface area contributed by atoms with Gasteiger partial charge in [-0.15, -0.1) is 0 Å². The zero-order valence-corrected chi connectivity index (χ0v) is 11.0. The summed E-state index contributed by atoms with van der Waals surface area (Å²) in [4.78, 5) is 4.15. The molecule has 0 saturated carbocycles. The number of nitrogens with two attached hydrogens (primary N) is 1. The van der Waals surface area contributed by atoms with E-state index in [1.54, 1.807) is 0 Å². The molecule has 0 fully saturated rings. The van der Waals surface area contributed by atoms with E-state index >= 15 is 0 Å². The first-order valence-corrected chi connectivity index (χ1v) is 6.55. The van der Waals surface area contributed by atoms with E-state index in [2.05, 4.69) is 34.3 Å². The minimum absolute atomic E-state index is 0.186. The van der Waals surface area contributed by atoms with Crippen molar-refractivity contribution in [1.29, 1.82) is 0 Å². The Morgan fingerprint density at radius 1 is 0.950 bits per heavy atom. The Morgan fingerprint density at radius 3 is 2.20 bits per heavy atom. The highest BCUT2D eigenvalue weighted by molar-refractivity contribution is 5.80. The molecule has 2 aromatic rings. The molecule has 20 heavy (non-hydrogen) atoms. The Morgan fingerprint density at radius 2 is 1.60 bits per heavy atom. The van der Waals surface area contributed by atoms with Crippen molar-refractivity contribution in [3.05, 3.63) is 71.3 Å². The summed E-state index contributed by atoms with van der Waals surface area (Å²) in [6, 6.07) is 18.4. The van der Waals surface area contributed by atoms with E-state index in [0.717, 1.165) is 11.1 Å². The van der Waals surface area contributed by atoms with E-state index in [1.165, 1.54) is 5.56 Å². The first-order valence-electron chi connectivity index (χ1n) is 6.55. The van der Waals surface area contributed by atoms with Crippen LogP contribution < -0.4 is 11.1 Å². The lowest BCUT2D eigenvalue weighted by Gasteiger charge is -2.10. The van der Waals surface area contributed by atoms with Crippen molar-refractivity contribution < 1.29 is 0 Å². The van der Waals surface area contributed by atoms with Crippen LogP contribution in [0.4, 0.5) is 0 Å². The van der Waals surface area contributed by atoms with Gasteiger partial charge in [-0.25, -0.2) is 0 Å². The standard InChI is InChI=1S/C17H15N3/c18-17-19-12-16(20-17)15-10-8-14(9-11-15)7-6-13-4-2-1-3-5-13/h1-5,8-11,16H,12H2,(H3,18,19,20). The van der Waals surface area contributed by atoms with Gasteiger partial charge in [-0.1, -0.05) is 42.2 Å². The van der Waals surface area contributed by atoms with E-state index in [4.69, 9.17) is 5.73 Å². The van der Waals surface area contributed by atoms with Gasteiger partial charge in [0, 0.05) is 11.1 Å². The zero-order valence-electron chi connectivity index (χ0n) is 11.0. The Bertz CT molecular complexity index is 676. The van der Waals surface area contributed by atoms with Gasteiger partial charge < -0.3 is 11.1 Å². The van der Waals surface area contributed by atoms with Crippen LogP contribution in [0, 0.1) is 11.8 Å². The number of aliphatic imine (C=N–C) groups is 1. The molecule has 1 heterocycles. The molecule has 3 rings (SSSR count). The summed E-state index contributed by atoms with van der Waals surface area (Å²) in [7, 11) is 0. The molecule has 2 aromatic carbocycles. The summed E-state index contributed by atoms with van der Waals surface area (Å²) in [6.45, 7) is 0.695. The lowest BCUT2D eigenvalue weighted by Crippen LogP contribution is -2.29. The third kappa shape index (κ3) is 2.81. The molecule has 0 radical (unpaired) electrons. The fourth-order valence-electron chi connectivity index (χ4n) is 2.11. The van der Waals surface area contributed by atoms with Gasteiger partial charge in [-0.2, -0.15) is 0 Å². The summed E-state index contributed by atoms with van der Waals surface area (Å²) >= 11 is 0. The lowest BCUT2D eigenvalue weighted by atomic mass is 10.1. The Balaban J connectivity index is 1.73. The maximum absolute atomic E-state index is 5.62. The van der Waals surface area contributed by atoms with Crippen LogP contribution in [0.1, 0.15) is 22.7 Å². The molecule has 1 atom stereocenters. The number of benzene rings is 2. The fraction of sp³-hybridized carbons (Fsp3) is 0.118. The summed E-state index contributed by atoms with van der Waals surface area (Å²) in [6.07, 6.45) is 0. The average Bonchev–Trinajstić information content (AvgIpc) is 2.93. The van der Waals surface area contributed by atoms with Crippen LogP contribution in [0.3, 0.4) is 0 Å². The third-order valence-corrected chi connectivity index (χ3v) is 3.20. The van der Waals surface area contributed by atoms with Gasteiger partial charge >= 0.3 is 0 Å². The molecule has 3 heteroatoms. The minimum atomic E-state index is 0.186. The highest BCUT2D eigenvalue weighted by atomic mass is 15.2. The van der Waals surface area contributed by atoms with Gasteiger partial charge in [0.05, 0.1) is 12.6 Å². The quantitative estimate of drug-likeness (QED) is 0.772. The number of guanidine groups is 1. The molecule has 1 unspecified atom stereocenters. The minimum Gasteiger partial charge on any atom is -0.370 e. The van der Waals surface area contributed by atoms with Gasteiger partial charge in [0.25, 0.3) is 0 Å². The van der Waals surface area contributed by atoms with Crippen molar-refractivity contribution in [2.24, 2.45) is 10.7 Å². The first kappa shape index (κ1) is 12.3. The predicted octanol–water partition coefficient (Wildman–Crippen LogP) is 2.05. The van der Waals surface area contributed by atoms with Crippen LogP contribution in [0.5, 0.6) is 0 Å². The lowest BCUT2D eigenvalue weighted by molar-refractivity contribution is 0.707. The molecular weight excluding hydrogens is 246 g/mol. The van der Waals surface area contributed by atoms with E-state index in [-0.39, 0.29) is 6.04 Å². The topological polar surface area (TPSA) is 50.4 Å². The van der Waals surface area contributed by atoms with Crippen LogP contribution in [0.2, 0.25) is 0 Å². The van der Waals surface area contributed by atoms with Crippen molar-refractivity contribution in [3.63, 3.8) is 0 Å². The maximum atomic E-state index is 5.62. The number of hydrogen-bond donors (Lipinski definition) is 2. The van der Waals surface area contributed by atoms with Crippen molar-refractivity contribution in [3.8, 4) is 11.8 Å². The van der Waals surface area contributed by atoms with Gasteiger partial charge in [0.2, 0.25) is 0 Å². The Labute approximate surface area is 118 Å². The molecule has 0 spiro atoms. The van der Waals surface area contributed by atoms with Gasteiger partial charge in [-0.3, -0.25) is 4.99 Å². The highest BCUT2D eigenvalue weighted by Crippen LogP contribution is 2.16. The normalized spacial score (nSPS) is 16.8. The van der Waals surface area contributed by atoms with Crippen LogP contribution in [-0.4, -0.2) is 12.5 Å². The van der Waals surface area contributed by atoms with Crippen LogP contribution >= 0.6 is 0 Å². The van der Waals surface area contributed by atoms with Crippen molar-refractivity contribution in [1.82, 2.24) is 5.32 Å². The molecule has 0 aromatic heterocycles. The van der Waals surface area contributed by atoms with Crippen molar-refractivity contribution >= 4 is 5.96 Å². The number of nitrogens with one attached hydrogen (secondary N) is 1. The number of nitrogens with zero attached hydrogens (tertiary/aromatic N) is 1. The first-order chi connectivity index (χ1) is 9.81. The van der Waals surface area contributed by atoms with E-state index in [9.17, 15) is 0 Å². The summed E-state index contributed by atoms with van der Waals surface area (Å²) in [5, 5.41) is 3.14. The van der Waals surface area contributed by atoms with E-state index < -0.39 is 0 Å². The molecule has 98 valence electrons. The van der Waals surface area contributed by atoms with Crippen LogP contribution in [0.15, 0.2) is 59.6 Å². The van der Waals surface area contributed by atoms with Gasteiger partial charge in [-0.05, 0) is 29.8 Å². The Kier molecular flexibility index (Phi) is 3.38. The van der Waals surface area contributed by atoms with Crippen molar-refractivity contribution in [2.75, 3.05) is 6.54 Å². The molecule has 0 bridgehead atoms.